The Bertz CT molecular complexity index is 454. The minimum Gasteiger partial charge on any atom is -0.384 e. The zero-order valence-electron chi connectivity index (χ0n) is 12.3. The summed E-state index contributed by atoms with van der Waals surface area (Å²) in [5.74, 6) is 5.64. The summed E-state index contributed by atoms with van der Waals surface area (Å²) < 4.78 is 0. The molecule has 0 spiro atoms. The molecule has 20 heavy (non-hydrogen) atoms. The molecular weight excluding hydrogens is 246 g/mol. The van der Waals surface area contributed by atoms with E-state index < -0.39 is 0 Å². The molecule has 0 amide bonds. The van der Waals surface area contributed by atoms with Gasteiger partial charge in [0.2, 0.25) is 0 Å². The number of nitrogens with zero attached hydrogens (tertiary/aromatic N) is 2. The Morgan fingerprint density at radius 3 is 2.30 bits per heavy atom. The Labute approximate surface area is 121 Å². The number of aromatic nitrogens is 1. The SMILES string of the molecule is CN(CC1C2CC3CC(C2)CC1C3)c1ccc(N)nc1. The van der Waals surface area contributed by atoms with Gasteiger partial charge in [-0.1, -0.05) is 0 Å². The first-order chi connectivity index (χ1) is 9.69. The normalized spacial score (nSPS) is 38.1. The molecule has 1 heterocycles. The molecule has 4 aliphatic carbocycles. The molecule has 0 saturated heterocycles. The topological polar surface area (TPSA) is 42.1 Å². The number of pyridine rings is 1. The third-order valence-electron chi connectivity index (χ3n) is 6.12. The van der Waals surface area contributed by atoms with Crippen molar-refractivity contribution in [2.45, 2.75) is 32.1 Å². The average molecular weight is 271 g/mol. The van der Waals surface area contributed by atoms with Crippen LogP contribution < -0.4 is 10.6 Å². The fourth-order valence-corrected chi connectivity index (χ4v) is 5.38. The third-order valence-corrected chi connectivity index (χ3v) is 6.12. The molecular formula is C17H25N3. The molecule has 4 aliphatic rings. The lowest BCUT2D eigenvalue weighted by molar-refractivity contribution is -0.0325. The maximum atomic E-state index is 5.68. The lowest BCUT2D eigenvalue weighted by atomic mass is 9.52. The number of nitrogen functional groups attached to an aromatic ring is 1. The van der Waals surface area contributed by atoms with Crippen molar-refractivity contribution < 1.29 is 0 Å². The Balaban J connectivity index is 1.47. The zero-order valence-corrected chi connectivity index (χ0v) is 12.3. The molecule has 108 valence electrons. The molecule has 0 atom stereocenters. The van der Waals surface area contributed by atoms with Crippen LogP contribution >= 0.6 is 0 Å². The molecule has 5 rings (SSSR count). The highest BCUT2D eigenvalue weighted by Crippen LogP contribution is 2.56. The van der Waals surface area contributed by atoms with Gasteiger partial charge in [-0.15, -0.1) is 0 Å². The van der Waals surface area contributed by atoms with Crippen LogP contribution in [0.25, 0.3) is 0 Å². The van der Waals surface area contributed by atoms with Gasteiger partial charge in [0.05, 0.1) is 11.9 Å². The van der Waals surface area contributed by atoms with Gasteiger partial charge in [-0.05, 0) is 73.8 Å². The lowest BCUT2D eigenvalue weighted by Crippen LogP contribution is -2.48. The van der Waals surface area contributed by atoms with Gasteiger partial charge in [0.15, 0.2) is 0 Å². The molecule has 4 saturated carbocycles. The maximum Gasteiger partial charge on any atom is 0.123 e. The predicted molar refractivity (Wildman–Crippen MR) is 82.5 cm³/mol. The number of hydrogen-bond donors (Lipinski definition) is 1. The van der Waals surface area contributed by atoms with Crippen LogP contribution in [0.3, 0.4) is 0 Å². The van der Waals surface area contributed by atoms with Gasteiger partial charge in [-0.25, -0.2) is 4.98 Å². The molecule has 0 radical (unpaired) electrons. The smallest absolute Gasteiger partial charge is 0.123 e. The van der Waals surface area contributed by atoms with Crippen LogP contribution in [0.15, 0.2) is 18.3 Å². The van der Waals surface area contributed by atoms with E-state index in [1.165, 1.54) is 44.3 Å². The van der Waals surface area contributed by atoms with Crippen LogP contribution in [0.4, 0.5) is 11.5 Å². The average Bonchev–Trinajstić information content (AvgIpc) is 2.42. The molecule has 1 aromatic heterocycles. The van der Waals surface area contributed by atoms with E-state index in [1.807, 2.05) is 12.3 Å². The quantitative estimate of drug-likeness (QED) is 0.918. The summed E-state index contributed by atoms with van der Waals surface area (Å²) in [6.45, 7) is 1.19. The summed E-state index contributed by atoms with van der Waals surface area (Å²) in [5, 5.41) is 0. The van der Waals surface area contributed by atoms with Crippen molar-refractivity contribution in [3.63, 3.8) is 0 Å². The summed E-state index contributed by atoms with van der Waals surface area (Å²) in [4.78, 5) is 6.61. The van der Waals surface area contributed by atoms with Crippen molar-refractivity contribution in [3.05, 3.63) is 18.3 Å². The first kappa shape index (κ1) is 12.5. The monoisotopic (exact) mass is 271 g/mol. The molecule has 4 bridgehead atoms. The van der Waals surface area contributed by atoms with Crippen LogP contribution in [0.5, 0.6) is 0 Å². The zero-order chi connectivity index (χ0) is 13.7. The van der Waals surface area contributed by atoms with E-state index in [1.54, 1.807) is 0 Å². The Kier molecular flexibility index (Phi) is 2.90. The fraction of sp³-hybridized carbons (Fsp3) is 0.706. The Morgan fingerprint density at radius 2 is 1.75 bits per heavy atom. The van der Waals surface area contributed by atoms with E-state index in [2.05, 4.69) is 23.0 Å². The highest BCUT2D eigenvalue weighted by molar-refractivity contribution is 5.47. The highest BCUT2D eigenvalue weighted by atomic mass is 15.1. The second-order valence-corrected chi connectivity index (χ2v) is 7.42. The molecule has 3 heteroatoms. The first-order valence-corrected chi connectivity index (χ1v) is 8.11. The van der Waals surface area contributed by atoms with Gasteiger partial charge in [0.25, 0.3) is 0 Å². The largest absolute Gasteiger partial charge is 0.384 e. The van der Waals surface area contributed by atoms with Crippen molar-refractivity contribution >= 4 is 11.5 Å². The van der Waals surface area contributed by atoms with E-state index in [0.717, 1.165) is 29.6 Å². The van der Waals surface area contributed by atoms with Crippen molar-refractivity contribution in [2.75, 3.05) is 24.2 Å². The van der Waals surface area contributed by atoms with Gasteiger partial charge in [-0.3, -0.25) is 0 Å². The van der Waals surface area contributed by atoms with E-state index in [9.17, 15) is 0 Å². The molecule has 0 unspecified atom stereocenters. The third kappa shape index (κ3) is 2.07. The Hall–Kier alpha value is -1.25. The van der Waals surface area contributed by atoms with Crippen molar-refractivity contribution in [1.82, 2.24) is 4.98 Å². The first-order valence-electron chi connectivity index (χ1n) is 8.11. The summed E-state index contributed by atoms with van der Waals surface area (Å²) in [6.07, 6.45) is 9.47. The number of hydrogen-bond acceptors (Lipinski definition) is 3. The molecule has 0 aromatic carbocycles. The molecule has 4 fully saturated rings. The van der Waals surface area contributed by atoms with Crippen LogP contribution in [0.2, 0.25) is 0 Å². The van der Waals surface area contributed by atoms with E-state index in [0.29, 0.717) is 5.82 Å². The van der Waals surface area contributed by atoms with Crippen molar-refractivity contribution in [2.24, 2.45) is 29.6 Å². The summed E-state index contributed by atoms with van der Waals surface area (Å²) in [5.41, 5.74) is 6.88. The van der Waals surface area contributed by atoms with Crippen molar-refractivity contribution in [3.8, 4) is 0 Å². The summed E-state index contributed by atoms with van der Waals surface area (Å²) >= 11 is 0. The van der Waals surface area contributed by atoms with E-state index >= 15 is 0 Å². The van der Waals surface area contributed by atoms with Gasteiger partial charge in [0, 0.05) is 13.6 Å². The molecule has 2 N–H and O–H groups in total. The fourth-order valence-electron chi connectivity index (χ4n) is 5.38. The maximum absolute atomic E-state index is 5.68. The van der Waals surface area contributed by atoms with Crippen LogP contribution in [-0.4, -0.2) is 18.6 Å². The number of nitrogens with two attached hydrogens (primary N) is 1. The second kappa shape index (κ2) is 4.64. The molecule has 0 aliphatic heterocycles. The van der Waals surface area contributed by atoms with Gasteiger partial charge < -0.3 is 10.6 Å². The minimum absolute atomic E-state index is 0.608. The predicted octanol–water partition coefficient (Wildman–Crippen LogP) is 3.17. The highest BCUT2D eigenvalue weighted by Gasteiger charge is 2.48. The number of anilines is 2. The lowest BCUT2D eigenvalue weighted by Gasteiger charge is -2.55. The van der Waals surface area contributed by atoms with Crippen LogP contribution in [0, 0.1) is 29.6 Å². The molecule has 1 aromatic rings. The van der Waals surface area contributed by atoms with E-state index in [-0.39, 0.29) is 0 Å². The Morgan fingerprint density at radius 1 is 1.10 bits per heavy atom. The van der Waals surface area contributed by atoms with E-state index in [4.69, 9.17) is 5.73 Å². The van der Waals surface area contributed by atoms with Gasteiger partial charge in [-0.2, -0.15) is 0 Å². The standard InChI is InChI=1S/C17H25N3/c1-20(15-2-3-17(18)19-9-15)10-16-13-5-11-4-12(7-13)8-14(16)6-11/h2-3,9,11-14,16H,4-8,10H2,1H3,(H2,18,19). The summed E-state index contributed by atoms with van der Waals surface area (Å²) in [6, 6.07) is 4.00. The number of rotatable bonds is 3. The van der Waals surface area contributed by atoms with Crippen molar-refractivity contribution in [1.29, 1.82) is 0 Å². The van der Waals surface area contributed by atoms with Gasteiger partial charge in [0.1, 0.15) is 5.82 Å². The molecule has 3 nitrogen and oxygen atoms in total. The van der Waals surface area contributed by atoms with Crippen LogP contribution in [-0.2, 0) is 0 Å². The van der Waals surface area contributed by atoms with Gasteiger partial charge >= 0.3 is 0 Å². The summed E-state index contributed by atoms with van der Waals surface area (Å²) in [7, 11) is 2.21. The second-order valence-electron chi connectivity index (χ2n) is 7.42. The minimum atomic E-state index is 0.608. The van der Waals surface area contributed by atoms with Crippen LogP contribution in [0.1, 0.15) is 32.1 Å².